The van der Waals surface area contributed by atoms with Gasteiger partial charge < -0.3 is 24.8 Å². The number of benzene rings is 4. The van der Waals surface area contributed by atoms with Gasteiger partial charge in [0.25, 0.3) is 5.91 Å². The van der Waals surface area contributed by atoms with Gasteiger partial charge in [0.1, 0.15) is 30.2 Å². The zero-order valence-electron chi connectivity index (χ0n) is 28.6. The number of carboxylic acid groups (broad SMARTS) is 1. The first-order valence-corrected chi connectivity index (χ1v) is 16.5. The Balaban J connectivity index is 1.26. The number of ether oxygens (including phenoxy) is 2. The van der Waals surface area contributed by atoms with E-state index in [1.54, 1.807) is 31.4 Å². The number of aliphatic carboxylic acids is 1. The predicted octanol–water partition coefficient (Wildman–Crippen LogP) is 4.66. The monoisotopic (exact) mass is 699 g/mol. The zero-order valence-corrected chi connectivity index (χ0v) is 28.6. The van der Waals surface area contributed by atoms with Gasteiger partial charge in [-0.15, -0.1) is 0 Å². The van der Waals surface area contributed by atoms with Gasteiger partial charge in [0.05, 0.1) is 37.3 Å². The molecule has 13 heteroatoms. The number of fused-ring (bicyclic) bond motifs is 1. The van der Waals surface area contributed by atoms with Gasteiger partial charge in [-0.3, -0.25) is 24.8 Å². The van der Waals surface area contributed by atoms with Gasteiger partial charge in [-0.2, -0.15) is 5.10 Å². The van der Waals surface area contributed by atoms with E-state index < -0.39 is 29.9 Å². The number of rotatable bonds is 15. The van der Waals surface area contributed by atoms with E-state index in [1.807, 2.05) is 84.9 Å². The van der Waals surface area contributed by atoms with Gasteiger partial charge in [-0.05, 0) is 53.1 Å². The highest BCUT2D eigenvalue weighted by atomic mass is 16.5. The van der Waals surface area contributed by atoms with Crippen molar-refractivity contribution in [1.29, 1.82) is 0 Å². The van der Waals surface area contributed by atoms with Crippen LogP contribution in [0.2, 0.25) is 0 Å². The van der Waals surface area contributed by atoms with E-state index in [9.17, 15) is 19.5 Å². The molecule has 0 atom stereocenters. The van der Waals surface area contributed by atoms with Crippen LogP contribution in [0.15, 0.2) is 116 Å². The summed E-state index contributed by atoms with van der Waals surface area (Å²) in [5, 5.41) is 23.7. The number of H-pyrrole nitrogens is 1. The number of carboxylic acids is 1. The number of nitrogens with one attached hydrogen (secondary N) is 3. The summed E-state index contributed by atoms with van der Waals surface area (Å²) in [5.74, 6) is -0.617. The van der Waals surface area contributed by atoms with Crippen molar-refractivity contribution < 1.29 is 29.0 Å². The Hall–Kier alpha value is -6.60. The van der Waals surface area contributed by atoms with Crippen molar-refractivity contribution in [3.8, 4) is 11.5 Å². The van der Waals surface area contributed by atoms with Crippen molar-refractivity contribution in [2.45, 2.75) is 12.0 Å². The summed E-state index contributed by atoms with van der Waals surface area (Å²) in [5.41, 5.74) is 2.91. The van der Waals surface area contributed by atoms with Crippen molar-refractivity contribution in [2.75, 3.05) is 39.2 Å². The Morgan fingerprint density at radius 2 is 1.37 bits per heavy atom. The minimum absolute atomic E-state index is 0.0582. The molecule has 0 spiro atoms. The summed E-state index contributed by atoms with van der Waals surface area (Å²) >= 11 is 0. The third kappa shape index (κ3) is 7.59. The van der Waals surface area contributed by atoms with Crippen LogP contribution in [0.4, 0.5) is 5.82 Å². The molecule has 4 N–H and O–H groups in total. The van der Waals surface area contributed by atoms with Crippen LogP contribution in [0.1, 0.15) is 32.7 Å². The Bertz CT molecular complexity index is 2100. The molecule has 0 aliphatic rings. The summed E-state index contributed by atoms with van der Waals surface area (Å²) in [6.07, 6.45) is 1.000. The van der Waals surface area contributed by atoms with E-state index in [0.717, 1.165) is 16.7 Å². The minimum atomic E-state index is -1.16. The fraction of sp³-hybridized carbons (Fsp3) is 0.179. The third-order valence-electron chi connectivity index (χ3n) is 8.72. The topological polar surface area (TPSA) is 172 Å². The van der Waals surface area contributed by atoms with E-state index in [4.69, 9.17) is 9.47 Å². The van der Waals surface area contributed by atoms with Crippen LogP contribution in [-0.2, 0) is 21.5 Å². The summed E-state index contributed by atoms with van der Waals surface area (Å²) in [6, 6.07) is 34.2. The van der Waals surface area contributed by atoms with Crippen LogP contribution in [0.5, 0.6) is 11.5 Å². The molecule has 2 amide bonds. The Labute approximate surface area is 299 Å². The molecule has 6 rings (SSSR count). The van der Waals surface area contributed by atoms with E-state index >= 15 is 0 Å². The van der Waals surface area contributed by atoms with Crippen molar-refractivity contribution in [3.05, 3.63) is 143 Å². The lowest BCUT2D eigenvalue weighted by atomic mass is 9.77. The van der Waals surface area contributed by atoms with Crippen molar-refractivity contribution in [1.82, 2.24) is 30.4 Å². The van der Waals surface area contributed by atoms with Crippen LogP contribution in [-0.4, -0.2) is 81.8 Å². The highest BCUT2D eigenvalue weighted by molar-refractivity contribution is 6.08. The second-order valence-corrected chi connectivity index (χ2v) is 11.8. The Kier molecular flexibility index (Phi) is 10.8. The summed E-state index contributed by atoms with van der Waals surface area (Å²) in [4.78, 5) is 48.7. The molecule has 6 aromatic rings. The highest BCUT2D eigenvalue weighted by Gasteiger charge is 2.36. The highest BCUT2D eigenvalue weighted by Crippen LogP contribution is 2.37. The molecule has 0 saturated carbocycles. The smallest absolute Gasteiger partial charge is 0.323 e. The first kappa shape index (κ1) is 35.2. The number of methoxy groups -OCH3 is 2. The summed E-state index contributed by atoms with van der Waals surface area (Å²) < 4.78 is 10.6. The molecule has 4 aromatic carbocycles. The molecule has 0 radical (unpaired) electrons. The van der Waals surface area contributed by atoms with Crippen LogP contribution in [0.3, 0.4) is 0 Å². The number of hydrogen-bond donors (Lipinski definition) is 4. The van der Waals surface area contributed by atoms with Gasteiger partial charge in [0.15, 0.2) is 5.65 Å². The molecular weight excluding hydrogens is 662 g/mol. The van der Waals surface area contributed by atoms with E-state index in [1.165, 1.54) is 18.3 Å². The Morgan fingerprint density at radius 1 is 0.788 bits per heavy atom. The molecule has 0 aliphatic carbocycles. The fourth-order valence-electron chi connectivity index (χ4n) is 6.18. The molecule has 0 bridgehead atoms. The second kappa shape index (κ2) is 16.0. The van der Waals surface area contributed by atoms with E-state index in [-0.39, 0.29) is 31.0 Å². The Morgan fingerprint density at radius 3 is 1.94 bits per heavy atom. The quantitative estimate of drug-likeness (QED) is 0.111. The van der Waals surface area contributed by atoms with Crippen molar-refractivity contribution in [3.63, 3.8) is 0 Å². The fourth-order valence-corrected chi connectivity index (χ4v) is 6.18. The number of nitrogens with zero attached hydrogens (tertiary/aromatic N) is 4. The molecule has 2 heterocycles. The molecule has 13 nitrogen and oxygen atoms in total. The lowest BCUT2D eigenvalue weighted by molar-refractivity contribution is -0.144. The maximum atomic E-state index is 13.9. The molecular formula is C39H37N7O6. The molecule has 0 saturated heterocycles. The average Bonchev–Trinajstić information content (AvgIpc) is 3.60. The standard InChI is InChI=1S/C39H37N7O6/c1-51-30-17-13-26(14-18-30)38(50)43-36-35-32(44-45-37(35)41-25-40-36)23-33(47)46(24-34(48)49)22-21-42-39(27-9-5-3-6-10-27,28-11-7-4-8-12-28)29-15-19-31(52-2)20-16-29/h3-20,25,42H,21-24H2,1-2H3,(H,48,49)(H2,40,41,43,44,45,50). The predicted molar refractivity (Wildman–Crippen MR) is 194 cm³/mol. The number of hydrogen-bond acceptors (Lipinski definition) is 9. The number of aromatic nitrogens is 4. The number of amides is 2. The molecule has 2 aromatic heterocycles. The first-order valence-electron chi connectivity index (χ1n) is 16.5. The van der Waals surface area contributed by atoms with Crippen LogP contribution in [0, 0.1) is 0 Å². The van der Waals surface area contributed by atoms with E-state index in [2.05, 4.69) is 30.8 Å². The number of carbonyl (C=O) groups is 3. The third-order valence-corrected chi connectivity index (χ3v) is 8.72. The largest absolute Gasteiger partial charge is 0.497 e. The summed E-state index contributed by atoms with van der Waals surface area (Å²) in [6.45, 7) is -0.252. The van der Waals surface area contributed by atoms with Gasteiger partial charge in [-0.1, -0.05) is 72.8 Å². The lowest BCUT2D eigenvalue weighted by Gasteiger charge is -2.38. The van der Waals surface area contributed by atoms with Gasteiger partial charge >= 0.3 is 5.97 Å². The van der Waals surface area contributed by atoms with Crippen LogP contribution in [0.25, 0.3) is 11.0 Å². The summed E-state index contributed by atoms with van der Waals surface area (Å²) in [7, 11) is 3.15. The van der Waals surface area contributed by atoms with Gasteiger partial charge in [0.2, 0.25) is 5.91 Å². The lowest BCUT2D eigenvalue weighted by Crippen LogP contribution is -2.49. The molecule has 52 heavy (non-hydrogen) atoms. The van der Waals surface area contributed by atoms with Crippen LogP contribution < -0.4 is 20.1 Å². The second-order valence-electron chi connectivity index (χ2n) is 11.8. The van der Waals surface area contributed by atoms with Crippen molar-refractivity contribution in [2.24, 2.45) is 0 Å². The zero-order chi connectivity index (χ0) is 36.5. The average molecular weight is 700 g/mol. The van der Waals surface area contributed by atoms with Gasteiger partial charge in [0, 0.05) is 18.7 Å². The van der Waals surface area contributed by atoms with Gasteiger partial charge in [-0.25, -0.2) is 9.97 Å². The van der Waals surface area contributed by atoms with Crippen molar-refractivity contribution >= 4 is 34.6 Å². The minimum Gasteiger partial charge on any atom is -0.497 e. The molecule has 264 valence electrons. The molecule has 0 fully saturated rings. The number of carbonyl (C=O) groups excluding carboxylic acids is 2. The van der Waals surface area contributed by atoms with Crippen LogP contribution >= 0.6 is 0 Å². The normalized spacial score (nSPS) is 11.2. The number of anilines is 1. The number of aromatic amines is 1. The first-order chi connectivity index (χ1) is 25.3. The maximum absolute atomic E-state index is 13.9. The SMILES string of the molecule is COc1ccc(C(=O)Nc2ncnc3[nH]nc(CC(=O)N(CCNC(c4ccccc4)(c4ccccc4)c4ccc(OC)cc4)CC(=O)O)c23)cc1. The maximum Gasteiger partial charge on any atom is 0.323 e. The molecule has 0 unspecified atom stereocenters. The molecule has 0 aliphatic heterocycles. The van der Waals surface area contributed by atoms with E-state index in [0.29, 0.717) is 28.1 Å².